The van der Waals surface area contributed by atoms with Crippen LogP contribution in [0.25, 0.3) is 0 Å². The molecule has 3 nitrogen and oxygen atoms in total. The summed E-state index contributed by atoms with van der Waals surface area (Å²) in [6.45, 7) is 8.08. The summed E-state index contributed by atoms with van der Waals surface area (Å²) in [5, 5.41) is 3.49. The van der Waals surface area contributed by atoms with Gasteiger partial charge in [0.05, 0.1) is 6.10 Å². The topological polar surface area (TPSA) is 24.5 Å². The maximum atomic E-state index is 5.96. The zero-order valence-electron chi connectivity index (χ0n) is 16.1. The van der Waals surface area contributed by atoms with Crippen molar-refractivity contribution in [2.24, 2.45) is 0 Å². The summed E-state index contributed by atoms with van der Waals surface area (Å²) >= 11 is 3.77. The largest absolute Gasteiger partial charge is 0.377 e. The molecule has 1 unspecified atom stereocenters. The normalized spacial score (nSPS) is 19.4. The molecular weight excluding hydrogens is 400 g/mol. The predicted octanol–water partition coefficient (Wildman–Crippen LogP) is 4.58. The summed E-state index contributed by atoms with van der Waals surface area (Å²) in [6.07, 6.45) is 3.88. The van der Waals surface area contributed by atoms with E-state index < -0.39 is 0 Å². The second-order valence-corrected chi connectivity index (χ2v) is 8.74. The van der Waals surface area contributed by atoms with Crippen molar-refractivity contribution in [1.82, 2.24) is 10.2 Å². The highest BCUT2D eigenvalue weighted by Crippen LogP contribution is 2.25. The molecule has 0 radical (unpaired) electrons. The molecule has 0 aromatic heterocycles. The van der Waals surface area contributed by atoms with Crippen LogP contribution in [0.3, 0.4) is 0 Å². The molecule has 2 aromatic rings. The minimum atomic E-state index is 0.371. The Kier molecular flexibility index (Phi) is 6.28. The van der Waals surface area contributed by atoms with Crippen molar-refractivity contribution in [3.63, 3.8) is 0 Å². The second-order valence-electron chi connectivity index (χ2n) is 7.88. The Morgan fingerprint density at radius 1 is 1.19 bits per heavy atom. The van der Waals surface area contributed by atoms with Gasteiger partial charge in [0.2, 0.25) is 0 Å². The maximum absolute atomic E-state index is 5.96. The molecule has 1 atom stereocenters. The van der Waals surface area contributed by atoms with Crippen LogP contribution in [0.15, 0.2) is 40.9 Å². The first-order valence-electron chi connectivity index (χ1n) is 10.1. The van der Waals surface area contributed by atoms with E-state index >= 15 is 0 Å². The lowest BCUT2D eigenvalue weighted by atomic mass is 9.95. The highest BCUT2D eigenvalue weighted by Gasteiger charge is 2.22. The Morgan fingerprint density at radius 3 is 2.89 bits per heavy atom. The fraction of sp³-hybridized carbons (Fsp3) is 0.478. The number of ether oxygens (including phenoxy) is 1. The van der Waals surface area contributed by atoms with Crippen LogP contribution in [0.5, 0.6) is 0 Å². The molecular formula is C23H29BrN2O. The van der Waals surface area contributed by atoms with Gasteiger partial charge in [-0.05, 0) is 66.6 Å². The van der Waals surface area contributed by atoms with E-state index in [9.17, 15) is 0 Å². The average molecular weight is 429 g/mol. The zero-order valence-corrected chi connectivity index (χ0v) is 17.7. The molecule has 2 aliphatic rings. The molecule has 0 saturated carbocycles. The van der Waals surface area contributed by atoms with Gasteiger partial charge in [0.25, 0.3) is 0 Å². The molecule has 1 N–H and O–H groups in total. The van der Waals surface area contributed by atoms with Crippen molar-refractivity contribution in [3.8, 4) is 0 Å². The Hall–Kier alpha value is -1.20. The van der Waals surface area contributed by atoms with Gasteiger partial charge in [0, 0.05) is 37.3 Å². The van der Waals surface area contributed by atoms with Crippen molar-refractivity contribution < 1.29 is 4.74 Å². The van der Waals surface area contributed by atoms with Gasteiger partial charge in [0.1, 0.15) is 0 Å². The molecule has 0 bridgehead atoms. The Labute approximate surface area is 171 Å². The van der Waals surface area contributed by atoms with Crippen LogP contribution in [-0.4, -0.2) is 30.7 Å². The van der Waals surface area contributed by atoms with Crippen LogP contribution in [0.1, 0.15) is 40.7 Å². The van der Waals surface area contributed by atoms with Crippen LogP contribution in [0, 0.1) is 6.92 Å². The molecule has 1 saturated heterocycles. The maximum Gasteiger partial charge on any atom is 0.0703 e. The highest BCUT2D eigenvalue weighted by molar-refractivity contribution is 9.10. The summed E-state index contributed by atoms with van der Waals surface area (Å²) in [6, 6.07) is 13.5. The Balaban J connectivity index is 1.56. The molecule has 27 heavy (non-hydrogen) atoms. The number of rotatable bonds is 6. The number of nitrogens with zero attached hydrogens (tertiary/aromatic N) is 1. The fourth-order valence-electron chi connectivity index (χ4n) is 4.28. The molecule has 144 valence electrons. The van der Waals surface area contributed by atoms with E-state index in [1.165, 1.54) is 39.6 Å². The van der Waals surface area contributed by atoms with Gasteiger partial charge < -0.3 is 10.1 Å². The Morgan fingerprint density at radius 2 is 2.07 bits per heavy atom. The van der Waals surface area contributed by atoms with Crippen molar-refractivity contribution in [3.05, 3.63) is 68.7 Å². The third kappa shape index (κ3) is 4.80. The van der Waals surface area contributed by atoms with Gasteiger partial charge in [-0.3, -0.25) is 4.90 Å². The lowest BCUT2D eigenvalue weighted by Gasteiger charge is -2.28. The first-order chi connectivity index (χ1) is 13.2. The molecule has 0 spiro atoms. The standard InChI is InChI=1S/C23H29BrN2O/c1-17-7-8-20(23(24)12-17)15-26(16-21-6-3-11-27-21)14-19-5-2-4-18-13-25-10-9-22(18)19/h2,4-5,7-8,12,21,25H,3,6,9-11,13-16H2,1H3. The van der Waals surface area contributed by atoms with Crippen LogP contribution in [0.4, 0.5) is 0 Å². The number of nitrogens with one attached hydrogen (secondary N) is 1. The van der Waals surface area contributed by atoms with Gasteiger partial charge in [-0.15, -0.1) is 0 Å². The van der Waals surface area contributed by atoms with E-state index in [0.29, 0.717) is 6.10 Å². The van der Waals surface area contributed by atoms with Gasteiger partial charge in [0.15, 0.2) is 0 Å². The molecule has 2 heterocycles. The van der Waals surface area contributed by atoms with Crippen LogP contribution in [0.2, 0.25) is 0 Å². The molecule has 4 heteroatoms. The fourth-order valence-corrected chi connectivity index (χ4v) is 4.90. The van der Waals surface area contributed by atoms with E-state index in [-0.39, 0.29) is 0 Å². The lowest BCUT2D eigenvalue weighted by molar-refractivity contribution is 0.0677. The second kappa shape index (κ2) is 8.87. The minimum absolute atomic E-state index is 0.371. The number of halogens is 1. The summed E-state index contributed by atoms with van der Waals surface area (Å²) < 4.78 is 7.16. The molecule has 2 aliphatic heterocycles. The summed E-state index contributed by atoms with van der Waals surface area (Å²) in [5.41, 5.74) is 7.14. The predicted molar refractivity (Wildman–Crippen MR) is 114 cm³/mol. The lowest BCUT2D eigenvalue weighted by Crippen LogP contribution is -2.33. The number of hydrogen-bond acceptors (Lipinski definition) is 3. The van der Waals surface area contributed by atoms with E-state index in [2.05, 4.69) is 69.5 Å². The first kappa shape index (κ1) is 19.1. The summed E-state index contributed by atoms with van der Waals surface area (Å²) in [4.78, 5) is 2.57. The van der Waals surface area contributed by atoms with E-state index in [4.69, 9.17) is 4.74 Å². The molecule has 2 aromatic carbocycles. The van der Waals surface area contributed by atoms with Crippen LogP contribution >= 0.6 is 15.9 Å². The van der Waals surface area contributed by atoms with E-state index in [1.54, 1.807) is 5.56 Å². The molecule has 1 fully saturated rings. The van der Waals surface area contributed by atoms with Crippen molar-refractivity contribution in [2.45, 2.75) is 51.9 Å². The smallest absolute Gasteiger partial charge is 0.0703 e. The van der Waals surface area contributed by atoms with Crippen molar-refractivity contribution in [2.75, 3.05) is 19.7 Å². The zero-order chi connectivity index (χ0) is 18.6. The van der Waals surface area contributed by atoms with Crippen molar-refractivity contribution >= 4 is 15.9 Å². The monoisotopic (exact) mass is 428 g/mol. The minimum Gasteiger partial charge on any atom is -0.377 e. The van der Waals surface area contributed by atoms with Gasteiger partial charge in [-0.25, -0.2) is 0 Å². The van der Waals surface area contributed by atoms with Crippen molar-refractivity contribution in [1.29, 1.82) is 0 Å². The third-order valence-electron chi connectivity index (χ3n) is 5.72. The molecule has 4 rings (SSSR count). The van der Waals surface area contributed by atoms with Crippen LogP contribution in [-0.2, 0) is 30.8 Å². The SMILES string of the molecule is Cc1ccc(CN(Cc2cccc3c2CCNC3)CC2CCCO2)c(Br)c1. The van der Waals surface area contributed by atoms with Gasteiger partial charge in [-0.1, -0.05) is 46.3 Å². The number of benzene rings is 2. The van der Waals surface area contributed by atoms with Gasteiger partial charge in [-0.2, -0.15) is 0 Å². The molecule has 0 amide bonds. The number of hydrogen-bond donors (Lipinski definition) is 1. The number of aryl methyl sites for hydroxylation is 1. The van der Waals surface area contributed by atoms with E-state index in [0.717, 1.165) is 45.8 Å². The highest BCUT2D eigenvalue weighted by atomic mass is 79.9. The average Bonchev–Trinajstić information content (AvgIpc) is 3.17. The van der Waals surface area contributed by atoms with Gasteiger partial charge >= 0.3 is 0 Å². The first-order valence-corrected chi connectivity index (χ1v) is 10.9. The Bertz CT molecular complexity index is 786. The summed E-state index contributed by atoms with van der Waals surface area (Å²) in [5.74, 6) is 0. The van der Waals surface area contributed by atoms with E-state index in [1.807, 2.05) is 0 Å². The van der Waals surface area contributed by atoms with Crippen LogP contribution < -0.4 is 5.32 Å². The molecule has 0 aliphatic carbocycles. The quantitative estimate of drug-likeness (QED) is 0.728. The summed E-state index contributed by atoms with van der Waals surface area (Å²) in [7, 11) is 0. The number of fused-ring (bicyclic) bond motifs is 1. The third-order valence-corrected chi connectivity index (χ3v) is 6.46.